The molecule has 0 fully saturated rings. The zero-order valence-corrected chi connectivity index (χ0v) is 20.5. The number of anilines is 1. The number of ether oxygens (including phenoxy) is 2. The largest absolute Gasteiger partial charge is 0.493 e. The summed E-state index contributed by atoms with van der Waals surface area (Å²) in [6.07, 6.45) is 0.515. The number of nitrogens with zero attached hydrogens (tertiary/aromatic N) is 3. The molecule has 0 atom stereocenters. The van der Waals surface area contributed by atoms with Crippen molar-refractivity contribution in [3.05, 3.63) is 48.0 Å². The number of methoxy groups -OCH3 is 2. The van der Waals surface area contributed by atoms with Gasteiger partial charge in [0.25, 0.3) is 5.91 Å². The third-order valence-corrected chi connectivity index (χ3v) is 7.03. The van der Waals surface area contributed by atoms with Gasteiger partial charge in [-0.25, -0.2) is 8.42 Å². The Balaban J connectivity index is 1.97. The van der Waals surface area contributed by atoms with E-state index in [4.69, 9.17) is 9.47 Å². The molecule has 10 nitrogen and oxygen atoms in total. The zero-order chi connectivity index (χ0) is 25.1. The monoisotopic (exact) mass is 487 g/mol. The van der Waals surface area contributed by atoms with Crippen LogP contribution in [0.4, 0.5) is 5.69 Å². The van der Waals surface area contributed by atoms with Crippen molar-refractivity contribution in [1.29, 1.82) is 5.26 Å². The number of amides is 1. The Morgan fingerprint density at radius 2 is 1.71 bits per heavy atom. The smallest absolute Gasteiger partial charge is 0.282 e. The van der Waals surface area contributed by atoms with E-state index in [-0.39, 0.29) is 17.2 Å². The fraction of sp³-hybridized carbons (Fsp3) is 0.348. The molecule has 0 radical (unpaired) electrons. The van der Waals surface area contributed by atoms with Crippen LogP contribution in [0, 0.1) is 11.3 Å². The van der Waals surface area contributed by atoms with Crippen LogP contribution in [0.2, 0.25) is 0 Å². The third kappa shape index (κ3) is 6.69. The van der Waals surface area contributed by atoms with Crippen molar-refractivity contribution >= 4 is 27.3 Å². The lowest BCUT2D eigenvalue weighted by molar-refractivity contribution is -0.114. The van der Waals surface area contributed by atoms with E-state index < -0.39 is 15.9 Å². The van der Waals surface area contributed by atoms with Crippen LogP contribution in [0.1, 0.15) is 19.4 Å². The highest BCUT2D eigenvalue weighted by molar-refractivity contribution is 7.89. The summed E-state index contributed by atoms with van der Waals surface area (Å²) in [5.74, 6) is 0.570. The molecular formula is C23H29N5O5S. The average Bonchev–Trinajstić information content (AvgIpc) is 2.85. The molecule has 0 heterocycles. The van der Waals surface area contributed by atoms with Crippen molar-refractivity contribution in [1.82, 2.24) is 9.62 Å². The number of carbonyl (C=O) groups is 1. The fourth-order valence-electron chi connectivity index (χ4n) is 3.10. The lowest BCUT2D eigenvalue weighted by atomic mass is 10.1. The quantitative estimate of drug-likeness (QED) is 0.347. The van der Waals surface area contributed by atoms with Crippen LogP contribution in [0.25, 0.3) is 0 Å². The normalized spacial score (nSPS) is 11.6. The Morgan fingerprint density at radius 3 is 2.26 bits per heavy atom. The number of carbonyl (C=O) groups excluding carboxylic acids is 1. The first-order chi connectivity index (χ1) is 16.3. The Morgan fingerprint density at radius 1 is 1.06 bits per heavy atom. The maximum Gasteiger partial charge on any atom is 0.282 e. The Kier molecular flexibility index (Phi) is 9.85. The number of nitriles is 1. The van der Waals surface area contributed by atoms with Gasteiger partial charge in [0.05, 0.1) is 24.8 Å². The minimum absolute atomic E-state index is 0.152. The highest BCUT2D eigenvalue weighted by Crippen LogP contribution is 2.27. The van der Waals surface area contributed by atoms with Gasteiger partial charge in [0.1, 0.15) is 6.07 Å². The molecule has 0 aliphatic rings. The molecule has 34 heavy (non-hydrogen) atoms. The predicted octanol–water partition coefficient (Wildman–Crippen LogP) is 2.38. The Hall–Kier alpha value is -3.62. The molecule has 0 saturated carbocycles. The minimum Gasteiger partial charge on any atom is -0.493 e. The van der Waals surface area contributed by atoms with Crippen molar-refractivity contribution in [2.24, 2.45) is 5.10 Å². The van der Waals surface area contributed by atoms with E-state index in [1.807, 2.05) is 12.1 Å². The molecule has 11 heteroatoms. The average molecular weight is 488 g/mol. The lowest BCUT2D eigenvalue weighted by Crippen LogP contribution is -2.32. The SMILES string of the molecule is CCN(CC)S(=O)(=O)c1ccc(N/N=C(/C#N)C(=O)NCCc2ccc(OC)c(OC)c2)cc1. The third-order valence-electron chi connectivity index (χ3n) is 4.96. The van der Waals surface area contributed by atoms with E-state index in [2.05, 4.69) is 15.8 Å². The molecule has 2 N–H and O–H groups in total. The maximum atomic E-state index is 12.5. The number of nitrogens with one attached hydrogen (secondary N) is 2. The van der Waals surface area contributed by atoms with Crippen molar-refractivity contribution in [2.45, 2.75) is 25.2 Å². The second kappa shape index (κ2) is 12.6. The summed E-state index contributed by atoms with van der Waals surface area (Å²) in [4.78, 5) is 12.5. The van der Waals surface area contributed by atoms with Crippen molar-refractivity contribution < 1.29 is 22.7 Å². The van der Waals surface area contributed by atoms with Crippen LogP contribution >= 0.6 is 0 Å². The molecular weight excluding hydrogens is 458 g/mol. The van der Waals surface area contributed by atoms with Gasteiger partial charge in [-0.2, -0.15) is 14.7 Å². The van der Waals surface area contributed by atoms with E-state index >= 15 is 0 Å². The molecule has 0 unspecified atom stereocenters. The summed E-state index contributed by atoms with van der Waals surface area (Å²) < 4.78 is 36.9. The second-order valence-corrected chi connectivity index (χ2v) is 8.93. The number of benzene rings is 2. The predicted molar refractivity (Wildman–Crippen MR) is 129 cm³/mol. The zero-order valence-electron chi connectivity index (χ0n) is 19.7. The molecule has 0 bridgehead atoms. The van der Waals surface area contributed by atoms with Crippen LogP contribution in [-0.4, -0.2) is 58.2 Å². The summed E-state index contributed by atoms with van der Waals surface area (Å²) in [6.45, 7) is 4.57. The highest BCUT2D eigenvalue weighted by Gasteiger charge is 2.21. The van der Waals surface area contributed by atoms with Gasteiger partial charge in [-0.3, -0.25) is 10.2 Å². The van der Waals surface area contributed by atoms with Crippen molar-refractivity contribution in [3.8, 4) is 17.6 Å². The fourth-order valence-corrected chi connectivity index (χ4v) is 4.56. The van der Waals surface area contributed by atoms with Crippen LogP contribution in [0.3, 0.4) is 0 Å². The molecule has 182 valence electrons. The first-order valence-corrected chi connectivity index (χ1v) is 12.1. The summed E-state index contributed by atoms with van der Waals surface area (Å²) in [7, 11) is -0.473. The van der Waals surface area contributed by atoms with Gasteiger partial charge in [-0.05, 0) is 48.4 Å². The molecule has 0 aliphatic heterocycles. The molecule has 0 aliphatic carbocycles. The van der Waals surface area contributed by atoms with Gasteiger partial charge in [0, 0.05) is 19.6 Å². The number of rotatable bonds is 12. The number of hydrazone groups is 1. The lowest BCUT2D eigenvalue weighted by Gasteiger charge is -2.18. The van der Waals surface area contributed by atoms with E-state index in [1.165, 1.54) is 28.6 Å². The van der Waals surface area contributed by atoms with Gasteiger partial charge < -0.3 is 14.8 Å². The molecule has 1 amide bonds. The van der Waals surface area contributed by atoms with E-state index in [0.717, 1.165) is 5.56 Å². The molecule has 2 rings (SSSR count). The number of hydrogen-bond donors (Lipinski definition) is 2. The molecule has 2 aromatic rings. The van der Waals surface area contributed by atoms with Crippen molar-refractivity contribution in [2.75, 3.05) is 39.3 Å². The minimum atomic E-state index is -3.57. The van der Waals surface area contributed by atoms with Crippen LogP contribution in [0.15, 0.2) is 52.5 Å². The summed E-state index contributed by atoms with van der Waals surface area (Å²) in [6, 6.07) is 13.1. The highest BCUT2D eigenvalue weighted by atomic mass is 32.2. The van der Waals surface area contributed by atoms with Crippen LogP contribution in [0.5, 0.6) is 11.5 Å². The van der Waals surface area contributed by atoms with Gasteiger partial charge in [-0.1, -0.05) is 19.9 Å². The van der Waals surface area contributed by atoms with Crippen LogP contribution in [-0.2, 0) is 21.2 Å². The van der Waals surface area contributed by atoms with Gasteiger partial charge in [0.15, 0.2) is 11.5 Å². The summed E-state index contributed by atoms with van der Waals surface area (Å²) >= 11 is 0. The summed E-state index contributed by atoms with van der Waals surface area (Å²) in [5.41, 5.74) is 3.62. The maximum absolute atomic E-state index is 12.5. The van der Waals surface area contributed by atoms with E-state index in [9.17, 15) is 18.5 Å². The standard InChI is InChI=1S/C23H29N5O5S/c1-5-28(6-2)34(30,31)19-10-8-18(9-11-19)26-27-20(16-24)23(29)25-14-13-17-7-12-21(32-3)22(15-17)33-4/h7-12,15,26H,5-6,13-14H2,1-4H3,(H,25,29)/b27-20-. The van der Waals surface area contributed by atoms with E-state index in [0.29, 0.717) is 36.7 Å². The molecule has 0 aromatic heterocycles. The van der Waals surface area contributed by atoms with Gasteiger partial charge in [-0.15, -0.1) is 0 Å². The topological polar surface area (TPSA) is 133 Å². The van der Waals surface area contributed by atoms with Gasteiger partial charge >= 0.3 is 0 Å². The summed E-state index contributed by atoms with van der Waals surface area (Å²) in [5, 5.41) is 15.8. The number of sulfonamides is 1. The molecule has 0 saturated heterocycles. The Labute approximate surface area is 200 Å². The van der Waals surface area contributed by atoms with Crippen molar-refractivity contribution in [3.63, 3.8) is 0 Å². The second-order valence-electron chi connectivity index (χ2n) is 6.99. The first-order valence-electron chi connectivity index (χ1n) is 10.6. The van der Waals surface area contributed by atoms with E-state index in [1.54, 1.807) is 40.2 Å². The Bertz CT molecular complexity index is 1150. The molecule has 2 aromatic carbocycles. The first kappa shape index (κ1) is 26.6. The van der Waals surface area contributed by atoms with Crippen LogP contribution < -0.4 is 20.2 Å². The number of hydrogen-bond acceptors (Lipinski definition) is 8. The van der Waals surface area contributed by atoms with Gasteiger partial charge in [0.2, 0.25) is 15.7 Å². The molecule has 0 spiro atoms.